The number of allylic oxidation sites excluding steroid dienone is 1. The Kier molecular flexibility index (Phi) is 9.75. The molecule has 0 aliphatic heterocycles. The molecule has 0 unspecified atom stereocenters. The zero-order chi connectivity index (χ0) is 28.9. The van der Waals surface area contributed by atoms with Crippen molar-refractivity contribution in [1.82, 2.24) is 4.98 Å². The lowest BCUT2D eigenvalue weighted by Crippen LogP contribution is -2.27. The highest BCUT2D eigenvalue weighted by molar-refractivity contribution is 6.42. The van der Waals surface area contributed by atoms with Crippen molar-refractivity contribution in [2.75, 3.05) is 21.3 Å². The molecule has 1 aromatic heterocycles. The Morgan fingerprint density at radius 2 is 1.72 bits per heavy atom. The van der Waals surface area contributed by atoms with Crippen molar-refractivity contribution in [2.45, 2.75) is 45.4 Å². The summed E-state index contributed by atoms with van der Waals surface area (Å²) in [4.78, 5) is 20.6. The summed E-state index contributed by atoms with van der Waals surface area (Å²) in [5.74, 6) is 0.840. The second-order valence-electron chi connectivity index (χ2n) is 9.48. The lowest BCUT2D eigenvalue weighted by Gasteiger charge is -2.28. The summed E-state index contributed by atoms with van der Waals surface area (Å²) >= 11 is 12.3. The van der Waals surface area contributed by atoms with Crippen LogP contribution in [0.2, 0.25) is 10.0 Å². The predicted molar refractivity (Wildman–Crippen MR) is 158 cm³/mol. The maximum absolute atomic E-state index is 13.4. The molecule has 2 N–H and O–H groups in total. The van der Waals surface area contributed by atoms with Crippen LogP contribution in [0.3, 0.4) is 0 Å². The van der Waals surface area contributed by atoms with E-state index >= 15 is 0 Å². The fourth-order valence-electron chi connectivity index (χ4n) is 4.24. The summed E-state index contributed by atoms with van der Waals surface area (Å²) in [5.41, 5.74) is 0.813. The van der Waals surface area contributed by atoms with Crippen LogP contribution in [-0.2, 0) is 16.6 Å². The average Bonchev–Trinajstić information content (AvgIpc) is 2.92. The van der Waals surface area contributed by atoms with E-state index in [-0.39, 0.29) is 23.0 Å². The van der Waals surface area contributed by atoms with Crippen molar-refractivity contribution in [3.8, 4) is 28.4 Å². The Hall–Kier alpha value is -3.42. The maximum atomic E-state index is 13.4. The lowest BCUT2D eigenvalue weighted by atomic mass is 9.83. The van der Waals surface area contributed by atoms with Gasteiger partial charge in [-0.1, -0.05) is 55.3 Å². The van der Waals surface area contributed by atoms with E-state index in [1.165, 1.54) is 21.3 Å². The third-order valence-corrected chi connectivity index (χ3v) is 7.44. The number of aliphatic imine (C=N–C) groups is 1. The second kappa shape index (κ2) is 12.6. The van der Waals surface area contributed by atoms with Crippen molar-refractivity contribution in [3.63, 3.8) is 0 Å². The van der Waals surface area contributed by atoms with Gasteiger partial charge in [0, 0.05) is 18.2 Å². The van der Waals surface area contributed by atoms with Gasteiger partial charge < -0.3 is 24.3 Å². The fraction of sp³-hybridized carbons (Fsp3) is 0.333. The van der Waals surface area contributed by atoms with E-state index in [1.807, 2.05) is 26.8 Å². The number of aromatic hydroxyl groups is 1. The molecule has 0 amide bonds. The normalized spacial score (nSPS) is 11.8. The van der Waals surface area contributed by atoms with Gasteiger partial charge in [0.25, 0.3) is 5.56 Å². The average molecular weight is 574 g/mol. The Labute approximate surface area is 239 Å². The molecule has 0 saturated heterocycles. The van der Waals surface area contributed by atoms with Crippen LogP contribution in [0.4, 0.5) is 0 Å². The van der Waals surface area contributed by atoms with Gasteiger partial charge in [-0.15, -0.1) is 0 Å². The van der Waals surface area contributed by atoms with Crippen LogP contribution < -0.4 is 15.0 Å². The molecule has 0 aliphatic rings. The smallest absolute Gasteiger partial charge is 0.264 e. The van der Waals surface area contributed by atoms with Gasteiger partial charge in [-0.05, 0) is 56.5 Å². The largest absolute Gasteiger partial charge is 0.506 e. The Balaban J connectivity index is 2.18. The Bertz CT molecular complexity index is 1440. The number of methoxy groups -OCH3 is 2. The summed E-state index contributed by atoms with van der Waals surface area (Å²) < 4.78 is 17.3. The summed E-state index contributed by atoms with van der Waals surface area (Å²) in [6, 6.07) is 10.6. The Morgan fingerprint density at radius 3 is 2.26 bits per heavy atom. The molecular formula is C30H34Cl2N2O5. The summed E-state index contributed by atoms with van der Waals surface area (Å²) in [7, 11) is 4.54. The van der Waals surface area contributed by atoms with E-state index in [1.54, 1.807) is 30.3 Å². The number of benzene rings is 2. The van der Waals surface area contributed by atoms with Gasteiger partial charge in [0.05, 0.1) is 35.4 Å². The molecule has 0 aliphatic carbocycles. The molecule has 0 fully saturated rings. The molecule has 9 heteroatoms. The molecule has 39 heavy (non-hydrogen) atoms. The topological polar surface area (TPSA) is 93.1 Å². The van der Waals surface area contributed by atoms with Gasteiger partial charge in [0.15, 0.2) is 0 Å². The molecule has 2 aromatic carbocycles. The monoisotopic (exact) mass is 572 g/mol. The minimum Gasteiger partial charge on any atom is -0.506 e. The van der Waals surface area contributed by atoms with Gasteiger partial charge in [0.1, 0.15) is 28.6 Å². The van der Waals surface area contributed by atoms with Crippen molar-refractivity contribution in [2.24, 2.45) is 4.99 Å². The van der Waals surface area contributed by atoms with Crippen LogP contribution in [-0.4, -0.2) is 37.3 Å². The zero-order valence-electron chi connectivity index (χ0n) is 23.1. The third kappa shape index (κ3) is 6.10. The van der Waals surface area contributed by atoms with Gasteiger partial charge >= 0.3 is 0 Å². The number of aryl methyl sites for hydroxylation is 1. The minimum atomic E-state index is -0.748. The number of hydrogen-bond donors (Lipinski definition) is 2. The van der Waals surface area contributed by atoms with Crippen molar-refractivity contribution in [1.29, 1.82) is 0 Å². The van der Waals surface area contributed by atoms with Crippen LogP contribution in [0, 0.1) is 0 Å². The molecule has 0 spiro atoms. The lowest BCUT2D eigenvalue weighted by molar-refractivity contribution is 0.329. The molecule has 7 nitrogen and oxygen atoms in total. The van der Waals surface area contributed by atoms with Gasteiger partial charge in [-0.2, -0.15) is 0 Å². The highest BCUT2D eigenvalue weighted by atomic mass is 35.5. The molecule has 0 saturated carbocycles. The number of H-pyrrole nitrogens is 1. The molecular weight excluding hydrogens is 539 g/mol. The molecule has 3 aromatic rings. The summed E-state index contributed by atoms with van der Waals surface area (Å²) in [6.07, 6.45) is 2.20. The SMILES string of the molecule is C=C(OC(=NC)c1c(O)c(-c2c(OC)cccc2OC)c(CCCC)[nH]c1=O)C(C)(C)c1ccc(Cl)c(Cl)c1. The predicted octanol–water partition coefficient (Wildman–Crippen LogP) is 7.30. The second-order valence-corrected chi connectivity index (χ2v) is 10.3. The molecule has 0 bridgehead atoms. The maximum Gasteiger partial charge on any atom is 0.264 e. The number of aromatic nitrogens is 1. The third-order valence-electron chi connectivity index (χ3n) is 6.70. The number of nitrogens with zero attached hydrogens (tertiary/aromatic N) is 1. The van der Waals surface area contributed by atoms with Gasteiger partial charge in [-0.25, -0.2) is 0 Å². The van der Waals surface area contributed by atoms with Gasteiger partial charge in [-0.3, -0.25) is 9.79 Å². The number of ether oxygens (including phenoxy) is 3. The number of unbranched alkanes of at least 4 members (excludes halogenated alkanes) is 1. The number of halogens is 2. The van der Waals surface area contributed by atoms with Crippen LogP contribution in [0.15, 0.2) is 58.5 Å². The van der Waals surface area contributed by atoms with E-state index in [2.05, 4.69) is 16.6 Å². The quantitative estimate of drug-likeness (QED) is 0.151. The zero-order valence-corrected chi connectivity index (χ0v) is 24.6. The summed E-state index contributed by atoms with van der Waals surface area (Å²) in [5, 5.41) is 12.5. The Morgan fingerprint density at radius 1 is 1.08 bits per heavy atom. The standard InChI is InChI=1S/C30H34Cl2N2O5/c1-8-9-11-21-24(25-22(37-6)12-10-13-23(25)38-7)27(35)26(28(36)34-21)29(33-5)39-17(2)30(3,4)18-14-15-19(31)20(32)16-18/h10,12-16H,2,8-9,11H2,1,3-7H3,(H2,34,35,36). The molecule has 208 valence electrons. The first-order valence-corrected chi connectivity index (χ1v) is 13.3. The number of aromatic amines is 1. The fourth-order valence-corrected chi connectivity index (χ4v) is 4.54. The first-order valence-electron chi connectivity index (χ1n) is 12.5. The molecule has 1 heterocycles. The summed E-state index contributed by atoms with van der Waals surface area (Å²) in [6.45, 7) is 9.94. The molecule has 0 radical (unpaired) electrons. The van der Waals surface area contributed by atoms with Crippen molar-refractivity contribution >= 4 is 29.1 Å². The first kappa shape index (κ1) is 30.1. The van der Waals surface area contributed by atoms with E-state index in [4.69, 9.17) is 37.4 Å². The van der Waals surface area contributed by atoms with Crippen LogP contribution in [0.25, 0.3) is 11.1 Å². The van der Waals surface area contributed by atoms with E-state index < -0.39 is 11.0 Å². The minimum absolute atomic E-state index is 0.0935. The van der Waals surface area contributed by atoms with E-state index in [9.17, 15) is 9.90 Å². The molecule has 3 rings (SSSR count). The number of hydrogen-bond acceptors (Lipinski definition) is 6. The van der Waals surface area contributed by atoms with Crippen molar-refractivity contribution in [3.05, 3.63) is 86.0 Å². The van der Waals surface area contributed by atoms with Crippen LogP contribution >= 0.6 is 23.2 Å². The number of nitrogens with one attached hydrogen (secondary N) is 1. The van der Waals surface area contributed by atoms with Crippen molar-refractivity contribution < 1.29 is 19.3 Å². The highest BCUT2D eigenvalue weighted by Gasteiger charge is 2.31. The van der Waals surface area contributed by atoms with E-state index in [0.29, 0.717) is 44.8 Å². The van der Waals surface area contributed by atoms with Crippen LogP contribution in [0.1, 0.15) is 50.4 Å². The van der Waals surface area contributed by atoms with Gasteiger partial charge in [0.2, 0.25) is 5.90 Å². The highest BCUT2D eigenvalue weighted by Crippen LogP contribution is 2.45. The first-order chi connectivity index (χ1) is 18.5. The number of pyridine rings is 1. The van der Waals surface area contributed by atoms with Crippen LogP contribution in [0.5, 0.6) is 17.2 Å². The molecule has 0 atom stereocenters. The van der Waals surface area contributed by atoms with E-state index in [0.717, 1.165) is 18.4 Å². The number of rotatable bonds is 10.